The Morgan fingerprint density at radius 1 is 0.972 bits per heavy atom. The van der Waals surface area contributed by atoms with Gasteiger partial charge in [0.2, 0.25) is 0 Å². The van der Waals surface area contributed by atoms with Crippen LogP contribution < -0.4 is 9.57 Å². The Labute approximate surface area is 210 Å². The molecular formula is C28H30FNO6. The summed E-state index contributed by atoms with van der Waals surface area (Å²) in [6, 6.07) is 21.9. The fraction of sp³-hybridized carbons (Fsp3) is 0.250. The Bertz CT molecular complexity index is 1100. The van der Waals surface area contributed by atoms with Crippen LogP contribution in [0.1, 0.15) is 11.1 Å². The van der Waals surface area contributed by atoms with Crippen LogP contribution in [0.15, 0.2) is 78.9 Å². The molecule has 0 aromatic heterocycles. The van der Waals surface area contributed by atoms with Gasteiger partial charge in [0.1, 0.15) is 30.0 Å². The zero-order valence-corrected chi connectivity index (χ0v) is 20.3. The van der Waals surface area contributed by atoms with Crippen LogP contribution in [-0.2, 0) is 14.3 Å². The van der Waals surface area contributed by atoms with Crippen LogP contribution in [-0.4, -0.2) is 62.8 Å². The van der Waals surface area contributed by atoms with Crippen molar-refractivity contribution in [2.45, 2.75) is 6.10 Å². The minimum atomic E-state index is -0.825. The van der Waals surface area contributed by atoms with Crippen molar-refractivity contribution in [1.29, 1.82) is 0 Å². The summed E-state index contributed by atoms with van der Waals surface area (Å²) in [6.45, 7) is 1.16. The van der Waals surface area contributed by atoms with Crippen molar-refractivity contribution in [3.05, 3.63) is 95.8 Å². The molecule has 3 rings (SSSR count). The summed E-state index contributed by atoms with van der Waals surface area (Å²) in [6.07, 6.45) is 0.806. The fourth-order valence-electron chi connectivity index (χ4n) is 3.30. The molecule has 0 saturated heterocycles. The lowest BCUT2D eigenvalue weighted by atomic mass is 10.0. The van der Waals surface area contributed by atoms with Crippen LogP contribution in [0, 0.1) is 5.82 Å². The lowest BCUT2D eigenvalue weighted by molar-refractivity contribution is -0.133. The Kier molecular flexibility index (Phi) is 10.4. The molecule has 0 amide bonds. The highest BCUT2D eigenvalue weighted by molar-refractivity contribution is 6.21. The molecule has 0 saturated carbocycles. The Morgan fingerprint density at radius 3 is 2.31 bits per heavy atom. The SMILES string of the molecule is COCCN(CC(O)COc1ccc(/C(=C\c2ccc(F)cc2)C(=O)OC)cc1)Oc1ccccc1. The van der Waals surface area contributed by atoms with Gasteiger partial charge in [-0.05, 0) is 53.6 Å². The number of hydrogen-bond acceptors (Lipinski definition) is 7. The summed E-state index contributed by atoms with van der Waals surface area (Å²) < 4.78 is 29.0. The molecule has 1 atom stereocenters. The molecule has 36 heavy (non-hydrogen) atoms. The maximum atomic E-state index is 13.2. The molecule has 7 nitrogen and oxygen atoms in total. The van der Waals surface area contributed by atoms with Crippen molar-refractivity contribution in [2.75, 3.05) is 40.5 Å². The number of hydrogen-bond donors (Lipinski definition) is 1. The summed E-state index contributed by atoms with van der Waals surface area (Å²) in [7, 11) is 2.90. The van der Waals surface area contributed by atoms with E-state index in [-0.39, 0.29) is 19.0 Å². The van der Waals surface area contributed by atoms with E-state index in [2.05, 4.69) is 0 Å². The van der Waals surface area contributed by atoms with Crippen molar-refractivity contribution in [3.8, 4) is 11.5 Å². The van der Waals surface area contributed by atoms with Crippen molar-refractivity contribution in [3.63, 3.8) is 0 Å². The number of rotatable bonds is 13. The maximum absolute atomic E-state index is 13.2. The second-order valence-corrected chi connectivity index (χ2v) is 7.88. The number of halogens is 1. The average molecular weight is 496 g/mol. The van der Waals surface area contributed by atoms with Gasteiger partial charge in [-0.15, -0.1) is 5.06 Å². The normalized spacial score (nSPS) is 12.3. The number of para-hydroxylation sites is 1. The first kappa shape index (κ1) is 26.9. The molecule has 0 radical (unpaired) electrons. The van der Waals surface area contributed by atoms with Crippen molar-refractivity contribution < 1.29 is 33.3 Å². The van der Waals surface area contributed by atoms with E-state index < -0.39 is 12.1 Å². The van der Waals surface area contributed by atoms with Gasteiger partial charge < -0.3 is 24.2 Å². The average Bonchev–Trinajstić information content (AvgIpc) is 2.90. The highest BCUT2D eigenvalue weighted by Gasteiger charge is 2.16. The molecular weight excluding hydrogens is 465 g/mol. The highest BCUT2D eigenvalue weighted by Crippen LogP contribution is 2.23. The second kappa shape index (κ2) is 14.0. The number of aliphatic hydroxyl groups excluding tert-OH is 1. The van der Waals surface area contributed by atoms with E-state index in [0.29, 0.717) is 41.4 Å². The molecule has 1 unspecified atom stereocenters. The fourth-order valence-corrected chi connectivity index (χ4v) is 3.30. The molecule has 0 heterocycles. The first-order valence-electron chi connectivity index (χ1n) is 11.4. The Balaban J connectivity index is 1.61. The molecule has 3 aromatic rings. The zero-order valence-electron chi connectivity index (χ0n) is 20.3. The van der Waals surface area contributed by atoms with Crippen LogP contribution in [0.3, 0.4) is 0 Å². The summed E-state index contributed by atoms with van der Waals surface area (Å²) >= 11 is 0. The number of hydroxylamine groups is 2. The number of carbonyl (C=O) groups excluding carboxylic acids is 1. The summed E-state index contributed by atoms with van der Waals surface area (Å²) in [5.74, 6) is 0.311. The van der Waals surface area contributed by atoms with Crippen LogP contribution in [0.4, 0.5) is 4.39 Å². The number of esters is 1. The molecule has 0 bridgehead atoms. The predicted molar refractivity (Wildman–Crippen MR) is 135 cm³/mol. The zero-order chi connectivity index (χ0) is 25.8. The van der Waals surface area contributed by atoms with Crippen molar-refractivity contribution in [2.24, 2.45) is 0 Å². The van der Waals surface area contributed by atoms with Gasteiger partial charge in [-0.25, -0.2) is 9.18 Å². The summed E-state index contributed by atoms with van der Waals surface area (Å²) in [5.41, 5.74) is 1.60. The minimum Gasteiger partial charge on any atom is -0.491 e. The first-order chi connectivity index (χ1) is 17.5. The monoisotopic (exact) mass is 495 g/mol. The summed E-state index contributed by atoms with van der Waals surface area (Å²) in [4.78, 5) is 18.2. The molecule has 0 spiro atoms. The minimum absolute atomic E-state index is 0.0380. The number of benzene rings is 3. The lowest BCUT2D eigenvalue weighted by Gasteiger charge is -2.24. The van der Waals surface area contributed by atoms with Gasteiger partial charge in [0.05, 0.1) is 32.4 Å². The summed E-state index contributed by atoms with van der Waals surface area (Å²) in [5, 5.41) is 12.1. The van der Waals surface area contributed by atoms with Gasteiger partial charge in [-0.2, -0.15) is 0 Å². The van der Waals surface area contributed by atoms with Gasteiger partial charge in [0.15, 0.2) is 0 Å². The molecule has 0 aliphatic heterocycles. The van der Waals surface area contributed by atoms with E-state index in [1.165, 1.54) is 19.2 Å². The van der Waals surface area contributed by atoms with Gasteiger partial charge in [-0.1, -0.05) is 42.5 Å². The lowest BCUT2D eigenvalue weighted by Crippen LogP contribution is -2.39. The number of ether oxygens (including phenoxy) is 3. The number of nitrogens with zero attached hydrogens (tertiary/aromatic N) is 1. The van der Waals surface area contributed by atoms with E-state index in [0.717, 1.165) is 0 Å². The second-order valence-electron chi connectivity index (χ2n) is 7.88. The largest absolute Gasteiger partial charge is 0.491 e. The smallest absolute Gasteiger partial charge is 0.338 e. The third kappa shape index (κ3) is 8.49. The number of carbonyl (C=O) groups is 1. The molecule has 0 aliphatic rings. The van der Waals surface area contributed by atoms with Crippen molar-refractivity contribution >= 4 is 17.6 Å². The van der Waals surface area contributed by atoms with E-state index in [4.69, 9.17) is 19.0 Å². The third-order valence-corrected chi connectivity index (χ3v) is 5.13. The Morgan fingerprint density at radius 2 is 1.67 bits per heavy atom. The topological polar surface area (TPSA) is 77.5 Å². The van der Waals surface area contributed by atoms with Crippen LogP contribution >= 0.6 is 0 Å². The number of aliphatic hydroxyl groups is 1. The first-order valence-corrected chi connectivity index (χ1v) is 11.4. The molecule has 8 heteroatoms. The molecule has 1 N–H and O–H groups in total. The van der Waals surface area contributed by atoms with Crippen LogP contribution in [0.5, 0.6) is 11.5 Å². The van der Waals surface area contributed by atoms with Crippen LogP contribution in [0.25, 0.3) is 11.6 Å². The standard InChI is InChI=1S/C28H30FNO6/c1-33-17-16-30(36-26-6-4-3-5-7-26)19-24(31)20-35-25-14-10-22(11-15-25)27(28(32)34-2)18-21-8-12-23(29)13-9-21/h3-15,18,24,31H,16-17,19-20H2,1-2H3/b27-18+. The molecule has 190 valence electrons. The van der Waals surface area contributed by atoms with Gasteiger partial charge in [-0.3, -0.25) is 0 Å². The van der Waals surface area contributed by atoms with Crippen LogP contribution in [0.2, 0.25) is 0 Å². The highest BCUT2D eigenvalue weighted by atomic mass is 19.1. The Hall–Kier alpha value is -3.72. The quantitative estimate of drug-likeness (QED) is 0.165. The van der Waals surface area contributed by atoms with E-state index in [1.54, 1.807) is 54.6 Å². The third-order valence-electron chi connectivity index (χ3n) is 5.13. The molecule has 3 aromatic carbocycles. The maximum Gasteiger partial charge on any atom is 0.338 e. The van der Waals surface area contributed by atoms with E-state index in [9.17, 15) is 14.3 Å². The van der Waals surface area contributed by atoms with E-state index >= 15 is 0 Å². The van der Waals surface area contributed by atoms with Crippen molar-refractivity contribution in [1.82, 2.24) is 5.06 Å². The van der Waals surface area contributed by atoms with E-state index in [1.807, 2.05) is 30.3 Å². The van der Waals surface area contributed by atoms with Gasteiger partial charge in [0, 0.05) is 7.11 Å². The number of methoxy groups -OCH3 is 2. The molecule has 0 aliphatic carbocycles. The molecule has 0 fully saturated rings. The van der Waals surface area contributed by atoms with Gasteiger partial charge in [0.25, 0.3) is 0 Å². The van der Waals surface area contributed by atoms with Gasteiger partial charge >= 0.3 is 5.97 Å². The predicted octanol–water partition coefficient (Wildman–Crippen LogP) is 4.22.